The van der Waals surface area contributed by atoms with Crippen molar-refractivity contribution in [3.63, 3.8) is 0 Å². The number of nitrogens with one attached hydrogen (secondary N) is 1. The van der Waals surface area contributed by atoms with Crippen LogP contribution < -0.4 is 14.8 Å². The van der Waals surface area contributed by atoms with Crippen LogP contribution in [0.25, 0.3) is 16.8 Å². The highest BCUT2D eigenvalue weighted by Gasteiger charge is 2.19. The number of anilines is 1. The molecule has 32 heavy (non-hydrogen) atoms. The normalized spacial score (nSPS) is 12.7. The van der Waals surface area contributed by atoms with E-state index in [1.165, 1.54) is 23.8 Å². The zero-order valence-electron chi connectivity index (χ0n) is 18.1. The first-order valence-electron chi connectivity index (χ1n) is 10.3. The second kappa shape index (κ2) is 9.25. The van der Waals surface area contributed by atoms with Gasteiger partial charge in [0.15, 0.2) is 17.3 Å². The number of nitriles is 1. The molecule has 0 amide bonds. The smallest absolute Gasteiger partial charge is 0.231 e. The molecule has 0 fully saturated rings. The van der Waals surface area contributed by atoms with Gasteiger partial charge in [0.1, 0.15) is 16.6 Å². The van der Waals surface area contributed by atoms with Gasteiger partial charge >= 0.3 is 0 Å². The molecule has 0 saturated carbocycles. The van der Waals surface area contributed by atoms with E-state index in [1.807, 2.05) is 5.38 Å². The Balaban J connectivity index is 1.56. The highest BCUT2D eigenvalue weighted by Crippen LogP contribution is 2.37. The lowest BCUT2D eigenvalue weighted by Crippen LogP contribution is -2.00. The number of carbonyl (C=O) groups excluding carboxylic acids is 1. The topological polar surface area (TPSA) is 84.2 Å². The zero-order chi connectivity index (χ0) is 22.7. The lowest BCUT2D eigenvalue weighted by molar-refractivity contribution is 0.101. The Morgan fingerprint density at radius 2 is 1.97 bits per heavy atom. The number of ether oxygens (including phenoxy) is 2. The van der Waals surface area contributed by atoms with Gasteiger partial charge < -0.3 is 14.8 Å². The summed E-state index contributed by atoms with van der Waals surface area (Å²) < 4.78 is 10.8. The molecule has 0 radical (unpaired) electrons. The summed E-state index contributed by atoms with van der Waals surface area (Å²) in [7, 11) is 0. The molecule has 0 atom stereocenters. The number of rotatable bonds is 7. The van der Waals surface area contributed by atoms with Crippen LogP contribution >= 0.6 is 11.3 Å². The first-order valence-corrected chi connectivity index (χ1v) is 11.2. The number of hydrogen-bond acceptors (Lipinski definition) is 7. The third kappa shape index (κ3) is 4.66. The molecular weight excluding hydrogens is 422 g/mol. The highest BCUT2D eigenvalue weighted by atomic mass is 32.1. The molecule has 0 saturated heterocycles. The number of hydrogen-bond donors (Lipinski definition) is 1. The Bertz CT molecular complexity index is 1220. The molecule has 1 aromatic heterocycles. The summed E-state index contributed by atoms with van der Waals surface area (Å²) in [5.41, 5.74) is 4.53. The number of Topliss-reactive ketones (excluding diaryl/α,β-unsaturated/α-hetero) is 1. The molecular formula is C25H23N3O3S. The molecule has 6 nitrogen and oxygen atoms in total. The lowest BCUT2D eigenvalue weighted by Gasteiger charge is -2.09. The standard InChI is InChI=1S/C25H23N3O3S/c1-15(2)8-17-4-6-18(7-5-17)22-13-32-25(28-22)19(11-26)12-27-21-10-24-23(30-14-31-24)9-20(21)16(3)29/h4-7,9-10,12-13,15,27H,8,14H2,1-3H3/b19-12+. The molecule has 2 aromatic carbocycles. The molecule has 1 aliphatic rings. The first kappa shape index (κ1) is 21.6. The third-order valence-corrected chi connectivity index (χ3v) is 5.89. The summed E-state index contributed by atoms with van der Waals surface area (Å²) in [5.74, 6) is 1.59. The van der Waals surface area contributed by atoms with Crippen LogP contribution in [0.2, 0.25) is 0 Å². The fourth-order valence-corrected chi connectivity index (χ4v) is 4.25. The van der Waals surface area contributed by atoms with Gasteiger partial charge in [0.05, 0.1) is 11.4 Å². The third-order valence-electron chi connectivity index (χ3n) is 5.01. The number of carbonyl (C=O) groups is 1. The average Bonchev–Trinajstić information content (AvgIpc) is 3.43. The Hall–Kier alpha value is -3.63. The minimum absolute atomic E-state index is 0.116. The molecule has 0 spiro atoms. The average molecular weight is 446 g/mol. The Kier molecular flexibility index (Phi) is 6.24. The van der Waals surface area contributed by atoms with Gasteiger partial charge in [-0.25, -0.2) is 4.98 Å². The van der Waals surface area contributed by atoms with E-state index in [2.05, 4.69) is 54.5 Å². The van der Waals surface area contributed by atoms with Crippen LogP contribution in [0.3, 0.4) is 0 Å². The van der Waals surface area contributed by atoms with E-state index in [4.69, 9.17) is 9.47 Å². The lowest BCUT2D eigenvalue weighted by atomic mass is 10.0. The molecule has 162 valence electrons. The van der Waals surface area contributed by atoms with Crippen molar-refractivity contribution in [3.8, 4) is 28.8 Å². The summed E-state index contributed by atoms with van der Waals surface area (Å²) in [6.45, 7) is 6.01. The van der Waals surface area contributed by atoms with Crippen molar-refractivity contribution in [2.75, 3.05) is 12.1 Å². The van der Waals surface area contributed by atoms with Crippen LogP contribution in [-0.4, -0.2) is 17.6 Å². The number of benzene rings is 2. The van der Waals surface area contributed by atoms with E-state index in [0.717, 1.165) is 17.7 Å². The Morgan fingerprint density at radius 1 is 1.25 bits per heavy atom. The number of fused-ring (bicyclic) bond motifs is 1. The largest absolute Gasteiger partial charge is 0.454 e. The number of aromatic nitrogens is 1. The predicted octanol–water partition coefficient (Wildman–Crippen LogP) is 5.92. The van der Waals surface area contributed by atoms with Crippen LogP contribution in [0.5, 0.6) is 11.5 Å². The quantitative estimate of drug-likeness (QED) is 0.359. The van der Waals surface area contributed by atoms with Crippen LogP contribution in [0, 0.1) is 17.2 Å². The van der Waals surface area contributed by atoms with Gasteiger partial charge in [-0.2, -0.15) is 5.26 Å². The fraction of sp³-hybridized carbons (Fsp3) is 0.240. The van der Waals surface area contributed by atoms with Gasteiger partial charge in [-0.3, -0.25) is 4.79 Å². The summed E-state index contributed by atoms with van der Waals surface area (Å²) in [6.07, 6.45) is 2.61. The van der Waals surface area contributed by atoms with E-state index >= 15 is 0 Å². The van der Waals surface area contributed by atoms with E-state index in [0.29, 0.717) is 39.2 Å². The van der Waals surface area contributed by atoms with Crippen LogP contribution in [-0.2, 0) is 6.42 Å². The fourth-order valence-electron chi connectivity index (χ4n) is 3.46. The van der Waals surface area contributed by atoms with Crippen LogP contribution in [0.15, 0.2) is 48.0 Å². The molecule has 1 aliphatic heterocycles. The van der Waals surface area contributed by atoms with Crippen molar-refractivity contribution in [1.29, 1.82) is 5.26 Å². The second-order valence-electron chi connectivity index (χ2n) is 7.95. The van der Waals surface area contributed by atoms with Crippen molar-refractivity contribution in [3.05, 3.63) is 64.1 Å². The molecule has 0 aliphatic carbocycles. The van der Waals surface area contributed by atoms with E-state index in [-0.39, 0.29) is 12.6 Å². The van der Waals surface area contributed by atoms with Gasteiger partial charge in [0.2, 0.25) is 6.79 Å². The van der Waals surface area contributed by atoms with Gasteiger partial charge in [0, 0.05) is 28.8 Å². The predicted molar refractivity (Wildman–Crippen MR) is 126 cm³/mol. The number of thiazole rings is 1. The molecule has 1 N–H and O–H groups in total. The maximum absolute atomic E-state index is 12.1. The van der Waals surface area contributed by atoms with E-state index in [9.17, 15) is 10.1 Å². The Morgan fingerprint density at radius 3 is 2.62 bits per heavy atom. The summed E-state index contributed by atoms with van der Waals surface area (Å²) in [4.78, 5) is 16.7. The van der Waals surface area contributed by atoms with Crippen molar-refractivity contribution >= 4 is 28.4 Å². The van der Waals surface area contributed by atoms with E-state index in [1.54, 1.807) is 18.3 Å². The maximum Gasteiger partial charge on any atom is 0.231 e. The van der Waals surface area contributed by atoms with Crippen molar-refractivity contribution < 1.29 is 14.3 Å². The number of nitrogens with zero attached hydrogens (tertiary/aromatic N) is 2. The number of ketones is 1. The van der Waals surface area contributed by atoms with Crippen molar-refractivity contribution in [2.24, 2.45) is 5.92 Å². The van der Waals surface area contributed by atoms with Gasteiger partial charge in [0.25, 0.3) is 0 Å². The highest BCUT2D eigenvalue weighted by molar-refractivity contribution is 7.11. The van der Waals surface area contributed by atoms with Gasteiger partial charge in [-0.15, -0.1) is 11.3 Å². The SMILES string of the molecule is CC(=O)c1cc2c(cc1N/C=C(\C#N)c1nc(-c3ccc(CC(C)C)cc3)cs1)OCO2. The summed E-state index contributed by atoms with van der Waals surface area (Å²) >= 11 is 1.40. The summed E-state index contributed by atoms with van der Waals surface area (Å²) in [6, 6.07) is 13.9. The van der Waals surface area contributed by atoms with Gasteiger partial charge in [-0.05, 0) is 30.9 Å². The minimum Gasteiger partial charge on any atom is -0.454 e. The minimum atomic E-state index is -0.116. The molecule has 0 unspecified atom stereocenters. The zero-order valence-corrected chi connectivity index (χ0v) is 19.0. The maximum atomic E-state index is 12.1. The molecule has 0 bridgehead atoms. The number of allylic oxidation sites excluding steroid dienone is 1. The summed E-state index contributed by atoms with van der Waals surface area (Å²) in [5, 5.41) is 15.3. The van der Waals surface area contributed by atoms with Crippen molar-refractivity contribution in [1.82, 2.24) is 4.98 Å². The first-order chi connectivity index (χ1) is 15.4. The Labute approximate surface area is 191 Å². The molecule has 2 heterocycles. The molecule has 4 rings (SSSR count). The van der Waals surface area contributed by atoms with Crippen LogP contribution in [0.4, 0.5) is 5.69 Å². The second-order valence-corrected chi connectivity index (χ2v) is 8.81. The van der Waals surface area contributed by atoms with Crippen molar-refractivity contribution in [2.45, 2.75) is 27.2 Å². The monoisotopic (exact) mass is 445 g/mol. The van der Waals surface area contributed by atoms with Crippen LogP contribution in [0.1, 0.15) is 41.7 Å². The molecule has 7 heteroatoms. The molecule has 3 aromatic rings. The van der Waals surface area contributed by atoms with Gasteiger partial charge in [-0.1, -0.05) is 38.1 Å². The van der Waals surface area contributed by atoms with E-state index < -0.39 is 0 Å².